The maximum atomic E-state index is 12.5. The van der Waals surface area contributed by atoms with Crippen molar-refractivity contribution in [1.29, 1.82) is 0 Å². The molecule has 5 heteroatoms. The molecule has 1 aliphatic rings. The third kappa shape index (κ3) is 3.04. The Morgan fingerprint density at radius 1 is 1.53 bits per heavy atom. The van der Waals surface area contributed by atoms with E-state index in [-0.39, 0.29) is 12.0 Å². The minimum Gasteiger partial charge on any atom is -0.384 e. The number of nitrogens with zero attached hydrogens (tertiary/aromatic N) is 2. The first-order chi connectivity index (χ1) is 9.01. The number of carbonyl (C=O) groups excluding carboxylic acids is 1. The van der Waals surface area contributed by atoms with Crippen molar-refractivity contribution < 1.29 is 9.53 Å². The number of nitrogen functional groups attached to an aromatic ring is 1. The zero-order valence-electron chi connectivity index (χ0n) is 11.7. The largest absolute Gasteiger partial charge is 0.384 e. The van der Waals surface area contributed by atoms with E-state index in [1.165, 1.54) is 0 Å². The molecule has 2 rings (SSSR count). The summed E-state index contributed by atoms with van der Waals surface area (Å²) in [7, 11) is 1.70. The fourth-order valence-corrected chi connectivity index (χ4v) is 2.53. The maximum absolute atomic E-state index is 12.5. The number of hydrogen-bond acceptors (Lipinski definition) is 4. The number of amides is 1. The van der Waals surface area contributed by atoms with Crippen molar-refractivity contribution in [2.45, 2.75) is 26.4 Å². The van der Waals surface area contributed by atoms with Gasteiger partial charge in [-0.25, -0.2) is 4.98 Å². The molecule has 1 aromatic heterocycles. The molecule has 0 radical (unpaired) electrons. The highest BCUT2D eigenvalue weighted by Crippen LogP contribution is 2.21. The number of carbonyl (C=O) groups is 1. The third-order valence-electron chi connectivity index (χ3n) is 3.70. The second-order valence-corrected chi connectivity index (χ2v) is 5.21. The van der Waals surface area contributed by atoms with Crippen LogP contribution in [0.1, 0.15) is 29.4 Å². The van der Waals surface area contributed by atoms with Crippen LogP contribution in [0.3, 0.4) is 0 Å². The lowest BCUT2D eigenvalue weighted by Crippen LogP contribution is -2.46. The lowest BCUT2D eigenvalue weighted by Gasteiger charge is -2.36. The lowest BCUT2D eigenvalue weighted by atomic mass is 9.95. The average molecular weight is 263 g/mol. The van der Waals surface area contributed by atoms with Gasteiger partial charge in [0.15, 0.2) is 0 Å². The molecular formula is C14H21N3O2. The molecule has 0 saturated carbocycles. The van der Waals surface area contributed by atoms with Crippen molar-refractivity contribution in [2.24, 2.45) is 5.92 Å². The topological polar surface area (TPSA) is 68.5 Å². The van der Waals surface area contributed by atoms with Crippen molar-refractivity contribution in [1.82, 2.24) is 9.88 Å². The van der Waals surface area contributed by atoms with Crippen molar-refractivity contribution in [3.8, 4) is 0 Å². The Kier molecular flexibility index (Phi) is 4.04. The Hall–Kier alpha value is -1.62. The van der Waals surface area contributed by atoms with Gasteiger partial charge in [0.2, 0.25) is 0 Å². The molecular weight excluding hydrogens is 242 g/mol. The van der Waals surface area contributed by atoms with E-state index in [0.717, 1.165) is 18.7 Å². The van der Waals surface area contributed by atoms with Gasteiger partial charge in [0.05, 0.1) is 6.10 Å². The van der Waals surface area contributed by atoms with Crippen molar-refractivity contribution in [3.05, 3.63) is 23.4 Å². The standard InChI is InChI=1S/C14H21N3O2/c1-9-4-5-17(8-12(9)19-3)14(18)11-6-10(2)16-13(15)7-11/h6-7,9,12H,4-5,8H2,1-3H3,(H2,15,16). The zero-order chi connectivity index (χ0) is 14.0. The highest BCUT2D eigenvalue weighted by molar-refractivity contribution is 5.95. The van der Waals surface area contributed by atoms with Crippen molar-refractivity contribution >= 4 is 11.7 Å². The quantitative estimate of drug-likeness (QED) is 0.877. The normalized spacial score (nSPS) is 23.4. The number of aryl methyl sites for hydroxylation is 1. The minimum absolute atomic E-state index is 0.00569. The van der Waals surface area contributed by atoms with Crippen molar-refractivity contribution in [2.75, 3.05) is 25.9 Å². The fraction of sp³-hybridized carbons (Fsp3) is 0.571. The highest BCUT2D eigenvalue weighted by Gasteiger charge is 2.29. The summed E-state index contributed by atoms with van der Waals surface area (Å²) in [6.07, 6.45) is 1.07. The third-order valence-corrected chi connectivity index (χ3v) is 3.70. The first-order valence-electron chi connectivity index (χ1n) is 6.57. The number of rotatable bonds is 2. The molecule has 2 unspecified atom stereocenters. The van der Waals surface area contributed by atoms with E-state index in [0.29, 0.717) is 23.8 Å². The van der Waals surface area contributed by atoms with Gasteiger partial charge in [0.1, 0.15) is 5.82 Å². The smallest absolute Gasteiger partial charge is 0.254 e. The van der Waals surface area contributed by atoms with Crippen LogP contribution < -0.4 is 5.73 Å². The molecule has 1 aromatic rings. The van der Waals surface area contributed by atoms with E-state index in [9.17, 15) is 4.79 Å². The Bertz CT molecular complexity index is 456. The lowest BCUT2D eigenvalue weighted by molar-refractivity contribution is -0.00156. The Labute approximate surface area is 113 Å². The van der Waals surface area contributed by atoms with Gasteiger partial charge >= 0.3 is 0 Å². The Morgan fingerprint density at radius 2 is 2.26 bits per heavy atom. The second kappa shape index (κ2) is 5.57. The SMILES string of the molecule is COC1CN(C(=O)c2cc(C)nc(N)c2)CCC1C. The van der Waals surface area contributed by atoms with Gasteiger partial charge in [-0.3, -0.25) is 4.79 Å². The predicted molar refractivity (Wildman–Crippen MR) is 73.9 cm³/mol. The van der Waals surface area contributed by atoms with Crippen LogP contribution in [0.2, 0.25) is 0 Å². The number of nitrogens with two attached hydrogens (primary N) is 1. The molecule has 19 heavy (non-hydrogen) atoms. The molecule has 0 aliphatic carbocycles. The van der Waals surface area contributed by atoms with Gasteiger partial charge in [-0.05, 0) is 31.4 Å². The molecule has 2 atom stereocenters. The number of hydrogen-bond donors (Lipinski definition) is 1. The van der Waals surface area contributed by atoms with Gasteiger partial charge in [-0.15, -0.1) is 0 Å². The van der Waals surface area contributed by atoms with Crippen LogP contribution in [0, 0.1) is 12.8 Å². The van der Waals surface area contributed by atoms with Gasteiger partial charge in [-0.2, -0.15) is 0 Å². The monoisotopic (exact) mass is 263 g/mol. The van der Waals surface area contributed by atoms with Crippen LogP contribution in [-0.4, -0.2) is 42.1 Å². The molecule has 1 saturated heterocycles. The van der Waals surface area contributed by atoms with E-state index >= 15 is 0 Å². The van der Waals surface area contributed by atoms with E-state index in [1.807, 2.05) is 11.8 Å². The molecule has 0 bridgehead atoms. The van der Waals surface area contributed by atoms with Crippen LogP contribution in [0.25, 0.3) is 0 Å². The molecule has 1 amide bonds. The molecule has 1 aliphatic heterocycles. The molecule has 0 spiro atoms. The number of methoxy groups -OCH3 is 1. The van der Waals surface area contributed by atoms with E-state index < -0.39 is 0 Å². The number of anilines is 1. The summed E-state index contributed by atoms with van der Waals surface area (Å²) in [4.78, 5) is 18.4. The fourth-order valence-electron chi connectivity index (χ4n) is 2.53. The molecule has 5 nitrogen and oxygen atoms in total. The number of piperidine rings is 1. The number of likely N-dealkylation sites (tertiary alicyclic amines) is 1. The van der Waals surface area contributed by atoms with Crippen LogP contribution >= 0.6 is 0 Å². The summed E-state index contributed by atoms with van der Waals surface area (Å²) in [6, 6.07) is 3.41. The molecule has 104 valence electrons. The summed E-state index contributed by atoms with van der Waals surface area (Å²) in [5, 5.41) is 0. The van der Waals surface area contributed by atoms with Crippen LogP contribution in [0.5, 0.6) is 0 Å². The Morgan fingerprint density at radius 3 is 2.89 bits per heavy atom. The first kappa shape index (κ1) is 13.8. The summed E-state index contributed by atoms with van der Waals surface area (Å²) in [6.45, 7) is 5.40. The average Bonchev–Trinajstić information content (AvgIpc) is 2.37. The second-order valence-electron chi connectivity index (χ2n) is 5.21. The Balaban J connectivity index is 2.15. The van der Waals surface area contributed by atoms with Gasteiger partial charge < -0.3 is 15.4 Å². The summed E-state index contributed by atoms with van der Waals surface area (Å²) in [5.74, 6) is 0.876. The maximum Gasteiger partial charge on any atom is 0.254 e. The van der Waals surface area contributed by atoms with Crippen LogP contribution in [0.15, 0.2) is 12.1 Å². The van der Waals surface area contributed by atoms with E-state index in [1.54, 1.807) is 19.2 Å². The molecule has 0 aromatic carbocycles. The van der Waals surface area contributed by atoms with Gasteiger partial charge in [0.25, 0.3) is 5.91 Å². The summed E-state index contributed by atoms with van der Waals surface area (Å²) < 4.78 is 5.44. The van der Waals surface area contributed by atoms with Crippen LogP contribution in [0.4, 0.5) is 5.82 Å². The minimum atomic E-state index is 0.00569. The number of pyridine rings is 1. The van der Waals surface area contributed by atoms with Gasteiger partial charge in [-0.1, -0.05) is 6.92 Å². The highest BCUT2D eigenvalue weighted by atomic mass is 16.5. The van der Waals surface area contributed by atoms with E-state index in [4.69, 9.17) is 10.5 Å². The predicted octanol–water partition coefficient (Wildman–Crippen LogP) is 1.47. The zero-order valence-corrected chi connectivity index (χ0v) is 11.7. The molecule has 1 fully saturated rings. The van der Waals surface area contributed by atoms with Gasteiger partial charge in [0, 0.05) is 31.5 Å². The number of ether oxygens (including phenoxy) is 1. The molecule has 2 heterocycles. The first-order valence-corrected chi connectivity index (χ1v) is 6.57. The molecule has 2 N–H and O–H groups in total. The summed E-state index contributed by atoms with van der Waals surface area (Å²) >= 11 is 0. The number of aromatic nitrogens is 1. The van der Waals surface area contributed by atoms with Crippen molar-refractivity contribution in [3.63, 3.8) is 0 Å². The summed E-state index contributed by atoms with van der Waals surface area (Å²) in [5.41, 5.74) is 7.06. The van der Waals surface area contributed by atoms with Crippen LogP contribution in [-0.2, 0) is 4.74 Å². The van der Waals surface area contributed by atoms with E-state index in [2.05, 4.69) is 11.9 Å².